The molecule has 2 N–H and O–H groups in total. The molecule has 24 heavy (non-hydrogen) atoms. The first-order valence-electron chi connectivity index (χ1n) is 8.48. The SMILES string of the molecule is CCOCCNC(=NC)NCC1(c2ccc(F)cc2)CCCC1.I. The minimum atomic E-state index is -0.178. The summed E-state index contributed by atoms with van der Waals surface area (Å²) < 4.78 is 18.5. The molecule has 0 bridgehead atoms. The summed E-state index contributed by atoms with van der Waals surface area (Å²) in [6.45, 7) is 4.92. The Bertz CT molecular complexity index is 501. The number of rotatable bonds is 7. The van der Waals surface area contributed by atoms with E-state index in [0.29, 0.717) is 6.61 Å². The molecule has 0 radical (unpaired) electrons. The smallest absolute Gasteiger partial charge is 0.191 e. The second-order valence-corrected chi connectivity index (χ2v) is 6.04. The van der Waals surface area contributed by atoms with E-state index in [9.17, 15) is 4.39 Å². The summed E-state index contributed by atoms with van der Waals surface area (Å²) in [5.74, 6) is 0.612. The fourth-order valence-corrected chi connectivity index (χ4v) is 3.28. The summed E-state index contributed by atoms with van der Waals surface area (Å²) in [5.41, 5.74) is 1.29. The first-order chi connectivity index (χ1) is 11.2. The van der Waals surface area contributed by atoms with E-state index in [1.807, 2.05) is 19.1 Å². The van der Waals surface area contributed by atoms with Crippen molar-refractivity contribution in [3.8, 4) is 0 Å². The molecule has 1 saturated carbocycles. The van der Waals surface area contributed by atoms with Crippen LogP contribution in [0.3, 0.4) is 0 Å². The fourth-order valence-electron chi connectivity index (χ4n) is 3.28. The van der Waals surface area contributed by atoms with E-state index >= 15 is 0 Å². The van der Waals surface area contributed by atoms with Gasteiger partial charge in [0.05, 0.1) is 6.61 Å². The molecule has 136 valence electrons. The van der Waals surface area contributed by atoms with Crippen LogP contribution in [0, 0.1) is 5.82 Å². The predicted octanol–water partition coefficient (Wildman–Crippen LogP) is 3.46. The zero-order valence-electron chi connectivity index (χ0n) is 14.6. The van der Waals surface area contributed by atoms with Crippen LogP contribution < -0.4 is 10.6 Å². The lowest BCUT2D eigenvalue weighted by Crippen LogP contribution is -2.45. The zero-order chi connectivity index (χ0) is 16.5. The van der Waals surface area contributed by atoms with Crippen LogP contribution in [0.5, 0.6) is 0 Å². The van der Waals surface area contributed by atoms with Crippen molar-refractivity contribution in [1.82, 2.24) is 10.6 Å². The van der Waals surface area contributed by atoms with E-state index in [4.69, 9.17) is 4.74 Å². The number of hydrogen-bond donors (Lipinski definition) is 2. The average Bonchev–Trinajstić information content (AvgIpc) is 3.05. The maximum absolute atomic E-state index is 13.2. The molecule has 1 aliphatic rings. The Hall–Kier alpha value is -0.890. The van der Waals surface area contributed by atoms with Gasteiger partial charge >= 0.3 is 0 Å². The molecule has 1 aromatic rings. The molecular weight excluding hydrogens is 420 g/mol. The average molecular weight is 449 g/mol. The molecule has 0 amide bonds. The van der Waals surface area contributed by atoms with Gasteiger partial charge in [-0.1, -0.05) is 25.0 Å². The molecule has 1 fully saturated rings. The van der Waals surface area contributed by atoms with Gasteiger partial charge in [-0.25, -0.2) is 4.39 Å². The molecule has 2 rings (SSSR count). The van der Waals surface area contributed by atoms with E-state index < -0.39 is 0 Å². The Kier molecular flexibility index (Phi) is 9.58. The summed E-state index contributed by atoms with van der Waals surface area (Å²) in [7, 11) is 1.77. The molecule has 0 aliphatic heterocycles. The number of guanidine groups is 1. The summed E-state index contributed by atoms with van der Waals surface area (Å²) in [5, 5.41) is 6.69. The number of ether oxygens (including phenoxy) is 1. The maximum Gasteiger partial charge on any atom is 0.191 e. The molecule has 0 spiro atoms. The van der Waals surface area contributed by atoms with Gasteiger partial charge in [0.15, 0.2) is 5.96 Å². The van der Waals surface area contributed by atoms with Crippen LogP contribution in [-0.4, -0.2) is 39.3 Å². The minimum absolute atomic E-state index is 0. The Balaban J connectivity index is 0.00000288. The highest BCUT2D eigenvalue weighted by Crippen LogP contribution is 2.40. The van der Waals surface area contributed by atoms with E-state index in [1.165, 1.54) is 18.4 Å². The second kappa shape index (κ2) is 10.9. The number of halogens is 2. The van der Waals surface area contributed by atoms with Crippen molar-refractivity contribution in [2.45, 2.75) is 38.0 Å². The Labute approximate surface area is 161 Å². The van der Waals surface area contributed by atoms with Crippen molar-refractivity contribution in [3.63, 3.8) is 0 Å². The maximum atomic E-state index is 13.2. The van der Waals surface area contributed by atoms with Crippen LogP contribution in [0.15, 0.2) is 29.3 Å². The van der Waals surface area contributed by atoms with Gasteiger partial charge < -0.3 is 15.4 Å². The third-order valence-electron chi connectivity index (χ3n) is 4.58. The molecular formula is C18H29FIN3O. The van der Waals surface area contributed by atoms with Gasteiger partial charge in [0.1, 0.15) is 5.82 Å². The van der Waals surface area contributed by atoms with Gasteiger partial charge in [-0.3, -0.25) is 4.99 Å². The van der Waals surface area contributed by atoms with Crippen LogP contribution in [0.2, 0.25) is 0 Å². The van der Waals surface area contributed by atoms with Crippen LogP contribution in [-0.2, 0) is 10.2 Å². The third kappa shape index (κ3) is 5.88. The normalized spacial score (nSPS) is 16.5. The van der Waals surface area contributed by atoms with Gasteiger partial charge in [0, 0.05) is 32.2 Å². The van der Waals surface area contributed by atoms with Gasteiger partial charge in [0.25, 0.3) is 0 Å². The zero-order valence-corrected chi connectivity index (χ0v) is 16.9. The number of nitrogens with zero attached hydrogens (tertiary/aromatic N) is 1. The number of benzene rings is 1. The Morgan fingerprint density at radius 3 is 2.46 bits per heavy atom. The van der Waals surface area contributed by atoms with Gasteiger partial charge in [-0.05, 0) is 37.5 Å². The van der Waals surface area contributed by atoms with E-state index in [2.05, 4.69) is 15.6 Å². The minimum Gasteiger partial charge on any atom is -0.380 e. The predicted molar refractivity (Wildman–Crippen MR) is 108 cm³/mol. The quantitative estimate of drug-likeness (QED) is 0.290. The lowest BCUT2D eigenvalue weighted by molar-refractivity contribution is 0.152. The van der Waals surface area contributed by atoms with E-state index in [1.54, 1.807) is 19.2 Å². The van der Waals surface area contributed by atoms with Crippen LogP contribution in [0.1, 0.15) is 38.2 Å². The van der Waals surface area contributed by atoms with Gasteiger partial charge in [0.2, 0.25) is 0 Å². The summed E-state index contributed by atoms with van der Waals surface area (Å²) in [6.07, 6.45) is 4.69. The summed E-state index contributed by atoms with van der Waals surface area (Å²) >= 11 is 0. The topological polar surface area (TPSA) is 45.6 Å². The number of hydrogen-bond acceptors (Lipinski definition) is 2. The van der Waals surface area contributed by atoms with Gasteiger partial charge in [-0.2, -0.15) is 0 Å². The highest BCUT2D eigenvalue weighted by molar-refractivity contribution is 14.0. The van der Waals surface area contributed by atoms with Crippen LogP contribution >= 0.6 is 24.0 Å². The third-order valence-corrected chi connectivity index (χ3v) is 4.58. The molecule has 0 atom stereocenters. The molecule has 0 saturated heterocycles. The lowest BCUT2D eigenvalue weighted by Gasteiger charge is -2.30. The van der Waals surface area contributed by atoms with Crippen LogP contribution in [0.4, 0.5) is 4.39 Å². The molecule has 1 aromatic carbocycles. The Morgan fingerprint density at radius 2 is 1.88 bits per heavy atom. The molecule has 0 heterocycles. The van der Waals surface area contributed by atoms with E-state index in [0.717, 1.165) is 38.5 Å². The standard InChI is InChI=1S/C18H28FN3O.HI/c1-3-23-13-12-21-17(20-2)22-14-18(10-4-5-11-18)15-6-8-16(19)9-7-15;/h6-9H,3-5,10-14H2,1-2H3,(H2,20,21,22);1H. The molecule has 6 heteroatoms. The van der Waals surface area contributed by atoms with Crippen LogP contribution in [0.25, 0.3) is 0 Å². The van der Waals surface area contributed by atoms with Gasteiger partial charge in [-0.15, -0.1) is 24.0 Å². The largest absolute Gasteiger partial charge is 0.380 e. The summed E-state index contributed by atoms with van der Waals surface area (Å²) in [6, 6.07) is 6.97. The van der Waals surface area contributed by atoms with E-state index in [-0.39, 0.29) is 35.2 Å². The second-order valence-electron chi connectivity index (χ2n) is 6.04. The highest BCUT2D eigenvalue weighted by Gasteiger charge is 2.35. The summed E-state index contributed by atoms with van der Waals surface area (Å²) in [4.78, 5) is 4.26. The van der Waals surface area contributed by atoms with Crippen molar-refractivity contribution < 1.29 is 9.13 Å². The van der Waals surface area contributed by atoms with Crippen molar-refractivity contribution in [1.29, 1.82) is 0 Å². The van der Waals surface area contributed by atoms with Crippen molar-refractivity contribution in [3.05, 3.63) is 35.6 Å². The fraction of sp³-hybridized carbons (Fsp3) is 0.611. The molecule has 0 aromatic heterocycles. The number of nitrogens with one attached hydrogen (secondary N) is 2. The Morgan fingerprint density at radius 1 is 1.21 bits per heavy atom. The van der Waals surface area contributed by atoms with Crippen molar-refractivity contribution >= 4 is 29.9 Å². The highest BCUT2D eigenvalue weighted by atomic mass is 127. The van der Waals surface area contributed by atoms with Crippen molar-refractivity contribution in [2.75, 3.05) is 33.4 Å². The van der Waals surface area contributed by atoms with Crippen molar-refractivity contribution in [2.24, 2.45) is 4.99 Å². The monoisotopic (exact) mass is 449 g/mol. The lowest BCUT2D eigenvalue weighted by atomic mass is 9.79. The molecule has 1 aliphatic carbocycles. The molecule has 0 unspecified atom stereocenters. The number of aliphatic imine (C=N–C) groups is 1. The first kappa shape index (κ1) is 21.2. The first-order valence-corrected chi connectivity index (χ1v) is 8.48. The molecule has 4 nitrogen and oxygen atoms in total.